The summed E-state index contributed by atoms with van der Waals surface area (Å²) < 4.78 is 72.0. The Labute approximate surface area is 141 Å². The predicted octanol–water partition coefficient (Wildman–Crippen LogP) is 4.05. The lowest BCUT2D eigenvalue weighted by Crippen LogP contribution is -2.18. The summed E-state index contributed by atoms with van der Waals surface area (Å²) in [7, 11) is -2.72. The van der Waals surface area contributed by atoms with Crippen molar-refractivity contribution in [3.63, 3.8) is 0 Å². The van der Waals surface area contributed by atoms with Crippen molar-refractivity contribution in [1.82, 2.24) is 0 Å². The summed E-state index contributed by atoms with van der Waals surface area (Å²) in [4.78, 5) is -0.392. The van der Waals surface area contributed by atoms with Crippen molar-refractivity contribution in [2.75, 3.05) is 11.8 Å². The molecule has 0 aliphatic rings. The van der Waals surface area contributed by atoms with Crippen LogP contribution in [0.3, 0.4) is 0 Å². The average molecular weight is 382 g/mol. The van der Waals surface area contributed by atoms with Crippen molar-refractivity contribution in [1.29, 1.82) is 0 Å². The lowest BCUT2D eigenvalue weighted by molar-refractivity contribution is -0.274. The minimum Gasteiger partial charge on any atom is -0.495 e. The number of nitrogens with one attached hydrogen (secondary N) is 1. The Bertz CT molecular complexity index is 840. The molecule has 2 aromatic rings. The third-order valence-corrected chi connectivity index (χ3v) is 4.43. The minimum absolute atomic E-state index is 0.128. The van der Waals surface area contributed by atoms with Crippen LogP contribution in [0.25, 0.3) is 0 Å². The van der Waals surface area contributed by atoms with Crippen molar-refractivity contribution in [3.05, 3.63) is 47.5 Å². The van der Waals surface area contributed by atoms with Crippen LogP contribution in [0, 0.1) is 0 Å². The van der Waals surface area contributed by atoms with E-state index in [1.54, 1.807) is 0 Å². The molecular formula is C14H11ClF3NO4S. The zero-order valence-electron chi connectivity index (χ0n) is 12.1. The standard InChI is InChI=1S/C14H11ClF3NO4S/c1-22-13-6-5-9(7-12(13)15)19-24(20,21)11-4-2-3-10(8-11)23-14(16,17)18/h2-8,19H,1H3. The molecular weight excluding hydrogens is 371 g/mol. The van der Waals surface area contributed by atoms with E-state index in [9.17, 15) is 21.6 Å². The van der Waals surface area contributed by atoms with Crippen LogP contribution in [-0.2, 0) is 10.0 Å². The number of halogens is 4. The van der Waals surface area contributed by atoms with Crippen molar-refractivity contribution >= 4 is 27.3 Å². The van der Waals surface area contributed by atoms with Crippen LogP contribution in [0.15, 0.2) is 47.4 Å². The molecule has 0 aliphatic heterocycles. The van der Waals surface area contributed by atoms with Gasteiger partial charge in [-0.15, -0.1) is 13.2 Å². The smallest absolute Gasteiger partial charge is 0.495 e. The molecule has 0 heterocycles. The Hall–Kier alpha value is -2.13. The Morgan fingerprint density at radius 2 is 1.83 bits per heavy atom. The van der Waals surface area contributed by atoms with Gasteiger partial charge in [-0.2, -0.15) is 0 Å². The van der Waals surface area contributed by atoms with E-state index in [1.807, 2.05) is 0 Å². The van der Waals surface area contributed by atoms with Crippen molar-refractivity contribution < 1.29 is 31.1 Å². The number of hydrogen-bond acceptors (Lipinski definition) is 4. The zero-order valence-corrected chi connectivity index (χ0v) is 13.7. The van der Waals surface area contributed by atoms with Gasteiger partial charge < -0.3 is 9.47 Å². The molecule has 130 valence electrons. The highest BCUT2D eigenvalue weighted by molar-refractivity contribution is 7.92. The number of anilines is 1. The van der Waals surface area contributed by atoms with Crippen LogP contribution in [0.2, 0.25) is 5.02 Å². The van der Waals surface area contributed by atoms with E-state index in [1.165, 1.54) is 25.3 Å². The summed E-state index contributed by atoms with van der Waals surface area (Å²) in [5.41, 5.74) is 0.128. The van der Waals surface area contributed by atoms with Crippen molar-refractivity contribution in [3.8, 4) is 11.5 Å². The summed E-state index contributed by atoms with van der Waals surface area (Å²) in [6.45, 7) is 0. The van der Waals surface area contributed by atoms with Crippen LogP contribution in [-0.4, -0.2) is 21.9 Å². The highest BCUT2D eigenvalue weighted by Crippen LogP contribution is 2.29. The van der Waals surface area contributed by atoms with Gasteiger partial charge in [-0.3, -0.25) is 4.72 Å². The quantitative estimate of drug-likeness (QED) is 0.848. The van der Waals surface area contributed by atoms with Gasteiger partial charge in [-0.05, 0) is 30.3 Å². The number of methoxy groups -OCH3 is 1. The lowest BCUT2D eigenvalue weighted by atomic mass is 10.3. The van der Waals surface area contributed by atoms with Gasteiger partial charge in [0.1, 0.15) is 11.5 Å². The maximum atomic E-state index is 12.3. The third kappa shape index (κ3) is 4.68. The summed E-state index contributed by atoms with van der Waals surface area (Å²) in [5.74, 6) is -0.293. The largest absolute Gasteiger partial charge is 0.573 e. The first-order valence-electron chi connectivity index (χ1n) is 6.33. The number of alkyl halides is 3. The molecule has 0 aliphatic carbocycles. The van der Waals surface area contributed by atoms with Crippen molar-refractivity contribution in [2.45, 2.75) is 11.3 Å². The molecule has 0 radical (unpaired) electrons. The van der Waals surface area contributed by atoms with Gasteiger partial charge in [-0.1, -0.05) is 17.7 Å². The Balaban J connectivity index is 2.27. The molecule has 5 nitrogen and oxygen atoms in total. The van der Waals surface area contributed by atoms with Crippen LogP contribution < -0.4 is 14.2 Å². The molecule has 0 spiro atoms. The molecule has 10 heteroatoms. The first-order chi connectivity index (χ1) is 11.1. The highest BCUT2D eigenvalue weighted by atomic mass is 35.5. The van der Waals surface area contributed by atoms with Gasteiger partial charge >= 0.3 is 6.36 Å². The van der Waals surface area contributed by atoms with Crippen LogP contribution in [0.4, 0.5) is 18.9 Å². The van der Waals surface area contributed by atoms with E-state index in [2.05, 4.69) is 9.46 Å². The van der Waals surface area contributed by atoms with E-state index in [4.69, 9.17) is 16.3 Å². The normalized spacial score (nSPS) is 11.9. The number of rotatable bonds is 5. The number of hydrogen-bond donors (Lipinski definition) is 1. The highest BCUT2D eigenvalue weighted by Gasteiger charge is 2.31. The van der Waals surface area contributed by atoms with E-state index in [0.717, 1.165) is 24.3 Å². The molecule has 0 fully saturated rings. The maximum Gasteiger partial charge on any atom is 0.573 e. The first-order valence-corrected chi connectivity index (χ1v) is 8.19. The second kappa shape index (κ2) is 6.78. The van der Waals surface area contributed by atoms with Crippen LogP contribution >= 0.6 is 11.6 Å². The first kappa shape index (κ1) is 18.2. The molecule has 0 bridgehead atoms. The molecule has 0 amide bonds. The fourth-order valence-corrected chi connectivity index (χ4v) is 3.12. The van der Waals surface area contributed by atoms with Gasteiger partial charge in [0, 0.05) is 6.07 Å². The van der Waals surface area contributed by atoms with Gasteiger partial charge in [0.2, 0.25) is 0 Å². The second-order valence-corrected chi connectivity index (χ2v) is 6.57. The fraction of sp³-hybridized carbons (Fsp3) is 0.143. The number of sulfonamides is 1. The number of benzene rings is 2. The average Bonchev–Trinajstić information content (AvgIpc) is 2.45. The Kier molecular flexibility index (Phi) is 5.14. The van der Waals surface area contributed by atoms with E-state index >= 15 is 0 Å². The van der Waals surface area contributed by atoms with Crippen molar-refractivity contribution in [2.24, 2.45) is 0 Å². The number of ether oxygens (including phenoxy) is 2. The third-order valence-electron chi connectivity index (χ3n) is 2.75. The minimum atomic E-state index is -4.92. The maximum absolute atomic E-state index is 12.3. The molecule has 2 rings (SSSR count). The molecule has 0 aromatic heterocycles. The topological polar surface area (TPSA) is 64.6 Å². The SMILES string of the molecule is COc1ccc(NS(=O)(=O)c2cccc(OC(F)(F)F)c2)cc1Cl. The molecule has 0 saturated heterocycles. The summed E-state index contributed by atoms with van der Waals surface area (Å²) in [6.07, 6.45) is -4.92. The lowest BCUT2D eigenvalue weighted by Gasteiger charge is -2.12. The molecule has 0 atom stereocenters. The second-order valence-electron chi connectivity index (χ2n) is 4.48. The predicted molar refractivity (Wildman–Crippen MR) is 81.9 cm³/mol. The van der Waals surface area contributed by atoms with Gasteiger partial charge in [0.25, 0.3) is 10.0 Å². The Morgan fingerprint density at radius 1 is 1.12 bits per heavy atom. The molecule has 1 N–H and O–H groups in total. The molecule has 0 unspecified atom stereocenters. The van der Waals surface area contributed by atoms with E-state index in [-0.39, 0.29) is 10.7 Å². The van der Waals surface area contributed by atoms with Gasteiger partial charge in [0.15, 0.2) is 0 Å². The van der Waals surface area contributed by atoms with E-state index < -0.39 is 27.0 Å². The van der Waals surface area contributed by atoms with Crippen LogP contribution in [0.1, 0.15) is 0 Å². The van der Waals surface area contributed by atoms with E-state index in [0.29, 0.717) is 5.75 Å². The molecule has 24 heavy (non-hydrogen) atoms. The molecule has 2 aromatic carbocycles. The molecule has 0 saturated carbocycles. The van der Waals surface area contributed by atoms with Gasteiger partial charge in [-0.25, -0.2) is 8.42 Å². The summed E-state index contributed by atoms with van der Waals surface area (Å²) in [5, 5.41) is 0.173. The Morgan fingerprint density at radius 3 is 2.42 bits per heavy atom. The monoisotopic (exact) mass is 381 g/mol. The zero-order chi connectivity index (χ0) is 18.0. The fourth-order valence-electron chi connectivity index (χ4n) is 1.78. The summed E-state index contributed by atoms with van der Waals surface area (Å²) >= 11 is 5.90. The van der Waals surface area contributed by atoms with Gasteiger partial charge in [0.05, 0.1) is 22.7 Å². The van der Waals surface area contributed by atoms with Crippen LogP contribution in [0.5, 0.6) is 11.5 Å². The summed E-state index contributed by atoms with van der Waals surface area (Å²) in [6, 6.07) is 8.20.